The van der Waals surface area contributed by atoms with E-state index in [1.807, 2.05) is 62.4 Å². The first kappa shape index (κ1) is 18.7. The fourth-order valence-electron chi connectivity index (χ4n) is 3.24. The van der Waals surface area contributed by atoms with Crippen LogP contribution in [0.1, 0.15) is 34.0 Å². The molecule has 29 heavy (non-hydrogen) atoms. The third-order valence-electron chi connectivity index (χ3n) is 4.72. The van der Waals surface area contributed by atoms with Crippen molar-refractivity contribution in [1.29, 1.82) is 0 Å². The number of ketones is 1. The van der Waals surface area contributed by atoms with Crippen molar-refractivity contribution < 1.29 is 14.3 Å². The van der Waals surface area contributed by atoms with Crippen LogP contribution in [0.3, 0.4) is 0 Å². The zero-order chi connectivity index (χ0) is 20.2. The van der Waals surface area contributed by atoms with Gasteiger partial charge in [0.05, 0.1) is 12.2 Å². The predicted molar refractivity (Wildman–Crippen MR) is 113 cm³/mol. The number of carbonyl (C=O) groups excluding carboxylic acids is 1. The molecule has 0 aliphatic rings. The van der Waals surface area contributed by atoms with Crippen molar-refractivity contribution >= 4 is 16.8 Å². The first-order valence-corrected chi connectivity index (χ1v) is 9.58. The van der Waals surface area contributed by atoms with E-state index in [1.54, 1.807) is 18.5 Å². The second-order valence-electron chi connectivity index (χ2n) is 6.77. The minimum atomic E-state index is -0.131. The molecule has 5 nitrogen and oxygen atoms in total. The number of ether oxygens (including phenoxy) is 2. The van der Waals surface area contributed by atoms with Gasteiger partial charge in [-0.2, -0.15) is 0 Å². The number of aromatic amines is 1. The topological polar surface area (TPSA) is 64.2 Å². The van der Waals surface area contributed by atoms with E-state index in [4.69, 9.17) is 9.47 Å². The highest BCUT2D eigenvalue weighted by Crippen LogP contribution is 2.34. The maximum Gasteiger partial charge on any atom is 0.199 e. The number of pyridine rings is 1. The lowest BCUT2D eigenvalue weighted by molar-refractivity contribution is 0.103. The molecular formula is C24H22N2O3. The summed E-state index contributed by atoms with van der Waals surface area (Å²) in [5.74, 6) is 0.884. The molecule has 4 aromatic rings. The number of H-pyrrole nitrogens is 1. The first-order valence-electron chi connectivity index (χ1n) is 9.58. The average molecular weight is 386 g/mol. The molecule has 0 aliphatic carbocycles. The standard InChI is InChI=1S/C24H22N2O3/c1-3-28-23-19(22(27)20-14-26-24-18(20)7-5-13-25-24)6-4-8-21(23)29-15-17-11-9-16(2)10-12-17/h4-14H,3,15H2,1-2H3,(H,25,26). The Hall–Kier alpha value is -3.60. The van der Waals surface area contributed by atoms with E-state index in [2.05, 4.69) is 9.97 Å². The highest BCUT2D eigenvalue weighted by molar-refractivity contribution is 6.17. The predicted octanol–water partition coefficient (Wildman–Crippen LogP) is 5.08. The fourth-order valence-corrected chi connectivity index (χ4v) is 3.24. The lowest BCUT2D eigenvalue weighted by Crippen LogP contribution is -2.07. The van der Waals surface area contributed by atoms with Crippen LogP contribution in [0.4, 0.5) is 0 Å². The third-order valence-corrected chi connectivity index (χ3v) is 4.72. The molecule has 0 radical (unpaired) electrons. The number of rotatable bonds is 7. The SMILES string of the molecule is CCOc1c(OCc2ccc(C)cc2)cccc1C(=O)c1c[nH]c2ncccc12. The quantitative estimate of drug-likeness (QED) is 0.450. The van der Waals surface area contributed by atoms with Crippen molar-refractivity contribution in [1.82, 2.24) is 9.97 Å². The second-order valence-corrected chi connectivity index (χ2v) is 6.77. The maximum atomic E-state index is 13.3. The van der Waals surface area contributed by atoms with Crippen LogP contribution in [0.2, 0.25) is 0 Å². The molecule has 2 aromatic carbocycles. The van der Waals surface area contributed by atoms with E-state index < -0.39 is 0 Å². The Labute approximate surface area is 169 Å². The van der Waals surface area contributed by atoms with Crippen molar-refractivity contribution in [3.05, 3.63) is 89.2 Å². The molecule has 0 atom stereocenters. The number of nitrogens with zero attached hydrogens (tertiary/aromatic N) is 1. The summed E-state index contributed by atoms with van der Waals surface area (Å²) >= 11 is 0. The molecule has 4 rings (SSSR count). The minimum absolute atomic E-state index is 0.131. The van der Waals surface area contributed by atoms with Crippen LogP contribution in [0, 0.1) is 6.92 Å². The smallest absolute Gasteiger partial charge is 0.199 e. The van der Waals surface area contributed by atoms with Crippen LogP contribution in [-0.2, 0) is 6.61 Å². The van der Waals surface area contributed by atoms with Crippen LogP contribution in [0.15, 0.2) is 67.0 Å². The Bertz CT molecular complexity index is 1150. The molecule has 0 spiro atoms. The molecule has 0 saturated carbocycles. The van der Waals surface area contributed by atoms with Crippen LogP contribution >= 0.6 is 0 Å². The van der Waals surface area contributed by atoms with Crippen LogP contribution in [0.25, 0.3) is 11.0 Å². The van der Waals surface area contributed by atoms with Gasteiger partial charge >= 0.3 is 0 Å². The van der Waals surface area contributed by atoms with Crippen molar-refractivity contribution in [2.75, 3.05) is 6.61 Å². The van der Waals surface area contributed by atoms with Crippen molar-refractivity contribution in [2.45, 2.75) is 20.5 Å². The third kappa shape index (κ3) is 3.85. The Balaban J connectivity index is 1.67. The van der Waals surface area contributed by atoms with Gasteiger partial charge in [-0.05, 0) is 43.7 Å². The van der Waals surface area contributed by atoms with Gasteiger partial charge in [0.25, 0.3) is 0 Å². The van der Waals surface area contributed by atoms with Gasteiger partial charge in [-0.15, -0.1) is 0 Å². The van der Waals surface area contributed by atoms with Crippen LogP contribution < -0.4 is 9.47 Å². The van der Waals surface area contributed by atoms with Crippen molar-refractivity contribution in [2.24, 2.45) is 0 Å². The van der Waals surface area contributed by atoms with Crippen LogP contribution in [0.5, 0.6) is 11.5 Å². The monoisotopic (exact) mass is 386 g/mol. The zero-order valence-electron chi connectivity index (χ0n) is 16.4. The Morgan fingerprint density at radius 2 is 1.83 bits per heavy atom. The van der Waals surface area contributed by atoms with Gasteiger partial charge in [-0.3, -0.25) is 4.79 Å². The number of nitrogens with one attached hydrogen (secondary N) is 1. The van der Waals surface area contributed by atoms with Crippen molar-refractivity contribution in [3.8, 4) is 11.5 Å². The minimum Gasteiger partial charge on any atom is -0.489 e. The summed E-state index contributed by atoms with van der Waals surface area (Å²) in [7, 11) is 0. The summed E-state index contributed by atoms with van der Waals surface area (Å²) in [6.45, 7) is 4.77. The number of fused-ring (bicyclic) bond motifs is 1. The highest BCUT2D eigenvalue weighted by Gasteiger charge is 2.21. The number of para-hydroxylation sites is 1. The summed E-state index contributed by atoms with van der Waals surface area (Å²) in [5.41, 5.74) is 3.96. The van der Waals surface area contributed by atoms with E-state index in [0.717, 1.165) is 10.9 Å². The van der Waals surface area contributed by atoms with Gasteiger partial charge in [0.2, 0.25) is 0 Å². The summed E-state index contributed by atoms with van der Waals surface area (Å²) in [4.78, 5) is 20.6. The van der Waals surface area contributed by atoms with E-state index in [0.29, 0.717) is 41.5 Å². The summed E-state index contributed by atoms with van der Waals surface area (Å²) in [5, 5.41) is 0.783. The average Bonchev–Trinajstić information content (AvgIpc) is 3.18. The van der Waals surface area contributed by atoms with Gasteiger partial charge in [-0.1, -0.05) is 35.9 Å². The zero-order valence-corrected chi connectivity index (χ0v) is 16.4. The number of carbonyl (C=O) groups is 1. The molecule has 2 heterocycles. The normalized spacial score (nSPS) is 10.8. The fraction of sp³-hybridized carbons (Fsp3) is 0.167. The van der Waals surface area contributed by atoms with Gasteiger partial charge in [0, 0.05) is 23.3 Å². The Kier molecular flexibility index (Phi) is 5.29. The van der Waals surface area contributed by atoms with Gasteiger partial charge < -0.3 is 14.5 Å². The molecular weight excluding hydrogens is 364 g/mol. The molecule has 0 unspecified atom stereocenters. The largest absolute Gasteiger partial charge is 0.489 e. The molecule has 0 saturated heterocycles. The molecule has 0 fully saturated rings. The second kappa shape index (κ2) is 8.19. The van der Waals surface area contributed by atoms with Crippen LogP contribution in [-0.4, -0.2) is 22.4 Å². The molecule has 146 valence electrons. The maximum absolute atomic E-state index is 13.3. The number of aromatic nitrogens is 2. The molecule has 1 N–H and O–H groups in total. The first-order chi connectivity index (χ1) is 14.2. The molecule has 5 heteroatoms. The van der Waals surface area contributed by atoms with Gasteiger partial charge in [0.1, 0.15) is 12.3 Å². The Morgan fingerprint density at radius 1 is 1.00 bits per heavy atom. The molecule has 0 amide bonds. The number of aryl methyl sites for hydroxylation is 1. The molecule has 0 bridgehead atoms. The van der Waals surface area contributed by atoms with E-state index in [9.17, 15) is 4.79 Å². The van der Waals surface area contributed by atoms with E-state index >= 15 is 0 Å². The van der Waals surface area contributed by atoms with E-state index in [-0.39, 0.29) is 5.78 Å². The molecule has 0 aliphatic heterocycles. The summed E-state index contributed by atoms with van der Waals surface area (Å²) in [6, 6.07) is 17.3. The lowest BCUT2D eigenvalue weighted by Gasteiger charge is -2.15. The van der Waals surface area contributed by atoms with Gasteiger partial charge in [-0.25, -0.2) is 4.98 Å². The molecule has 2 aromatic heterocycles. The van der Waals surface area contributed by atoms with Crippen molar-refractivity contribution in [3.63, 3.8) is 0 Å². The Morgan fingerprint density at radius 3 is 2.62 bits per heavy atom. The highest BCUT2D eigenvalue weighted by atomic mass is 16.5. The lowest BCUT2D eigenvalue weighted by atomic mass is 10.0. The number of hydrogen-bond acceptors (Lipinski definition) is 4. The van der Waals surface area contributed by atoms with Gasteiger partial charge in [0.15, 0.2) is 17.3 Å². The number of hydrogen-bond donors (Lipinski definition) is 1. The van der Waals surface area contributed by atoms with E-state index in [1.165, 1.54) is 5.56 Å². The summed E-state index contributed by atoms with van der Waals surface area (Å²) < 4.78 is 11.8. The summed E-state index contributed by atoms with van der Waals surface area (Å²) in [6.07, 6.45) is 3.38. The number of benzene rings is 2.